The third kappa shape index (κ3) is 5.86. The quantitative estimate of drug-likeness (QED) is 0.132. The second-order valence-corrected chi connectivity index (χ2v) is 9.77. The minimum absolute atomic E-state index is 0.356. The average molecular weight is 504 g/mol. The number of fused-ring (bicyclic) bond motifs is 2. The number of aryl methyl sites for hydroxylation is 1. The second-order valence-electron chi connectivity index (χ2n) is 9.77. The number of aromatic nitrogens is 1. The van der Waals surface area contributed by atoms with Gasteiger partial charge in [-0.3, -0.25) is 0 Å². The van der Waals surface area contributed by atoms with Gasteiger partial charge in [-0.05, 0) is 36.6 Å². The van der Waals surface area contributed by atoms with E-state index < -0.39 is 23.8 Å². The van der Waals surface area contributed by atoms with Crippen LogP contribution in [0.1, 0.15) is 76.8 Å². The molecule has 6 heteroatoms. The standard InChI is InChI=1S/C30H40F3NO2/c1-6-8-9-10-11-12-16-25(21(3)30(31,32)33)29(35-4,36-5)28-22(7-2)18-19-27-24(28)20-23-15-13-14-17-26(23)34-27/h13-15,17-21,25H,6-12,16H2,1-5H3. The number of hydrogen-bond acceptors (Lipinski definition) is 3. The number of unbranched alkanes of at least 4 members (excludes halogenated alkanes) is 5. The summed E-state index contributed by atoms with van der Waals surface area (Å²) >= 11 is 0. The lowest BCUT2D eigenvalue weighted by Crippen LogP contribution is -2.47. The van der Waals surface area contributed by atoms with Gasteiger partial charge in [0.25, 0.3) is 0 Å². The minimum Gasteiger partial charge on any atom is -0.349 e. The van der Waals surface area contributed by atoms with Crippen molar-refractivity contribution in [1.29, 1.82) is 0 Å². The topological polar surface area (TPSA) is 31.4 Å². The summed E-state index contributed by atoms with van der Waals surface area (Å²) in [6, 6.07) is 13.7. The van der Waals surface area contributed by atoms with Crippen LogP contribution < -0.4 is 0 Å². The van der Waals surface area contributed by atoms with E-state index >= 15 is 0 Å². The monoisotopic (exact) mass is 503 g/mol. The molecule has 0 aliphatic carbocycles. The molecule has 1 aromatic heterocycles. The Morgan fingerprint density at radius 2 is 1.53 bits per heavy atom. The zero-order chi connectivity index (χ0) is 26.3. The lowest BCUT2D eigenvalue weighted by atomic mass is 9.75. The van der Waals surface area contributed by atoms with Crippen molar-refractivity contribution in [3.05, 3.63) is 53.6 Å². The molecular formula is C30H40F3NO2. The minimum atomic E-state index is -4.38. The van der Waals surface area contributed by atoms with Crippen LogP contribution >= 0.6 is 0 Å². The highest BCUT2D eigenvalue weighted by Crippen LogP contribution is 2.49. The van der Waals surface area contributed by atoms with E-state index in [1.165, 1.54) is 21.1 Å². The number of nitrogens with zero attached hydrogens (tertiary/aromatic N) is 1. The Morgan fingerprint density at radius 3 is 2.17 bits per heavy atom. The molecule has 0 aliphatic heterocycles. The van der Waals surface area contributed by atoms with Crippen LogP contribution in [0.4, 0.5) is 13.2 Å². The van der Waals surface area contributed by atoms with Gasteiger partial charge in [-0.1, -0.05) is 83.6 Å². The van der Waals surface area contributed by atoms with Crippen molar-refractivity contribution in [2.24, 2.45) is 11.8 Å². The summed E-state index contributed by atoms with van der Waals surface area (Å²) in [6.07, 6.45) is 2.62. The Labute approximate surface area is 213 Å². The number of para-hydroxylation sites is 1. The lowest BCUT2D eigenvalue weighted by molar-refractivity contribution is -0.291. The molecule has 0 spiro atoms. The Balaban J connectivity index is 2.18. The van der Waals surface area contributed by atoms with Crippen LogP contribution in [0.15, 0.2) is 42.5 Å². The first kappa shape index (κ1) is 28.4. The number of pyridine rings is 1. The SMILES string of the molecule is CCCCCCCCC(C(C)C(F)(F)F)C(OC)(OC)c1c(CC)ccc2nc3ccccc3cc12. The van der Waals surface area contributed by atoms with Crippen LogP contribution in [0.3, 0.4) is 0 Å². The molecule has 198 valence electrons. The van der Waals surface area contributed by atoms with E-state index in [-0.39, 0.29) is 0 Å². The Kier molecular flexibility index (Phi) is 9.76. The van der Waals surface area contributed by atoms with Gasteiger partial charge >= 0.3 is 6.18 Å². The molecule has 0 saturated carbocycles. The van der Waals surface area contributed by atoms with E-state index in [9.17, 15) is 13.2 Å². The molecule has 0 fully saturated rings. The van der Waals surface area contributed by atoms with E-state index in [1.54, 1.807) is 0 Å². The maximum Gasteiger partial charge on any atom is 0.392 e. The molecule has 2 atom stereocenters. The van der Waals surface area contributed by atoms with Crippen molar-refractivity contribution in [1.82, 2.24) is 4.98 Å². The second kappa shape index (κ2) is 12.4. The van der Waals surface area contributed by atoms with Crippen LogP contribution in [-0.2, 0) is 21.7 Å². The first-order valence-electron chi connectivity index (χ1n) is 13.2. The van der Waals surface area contributed by atoms with Gasteiger partial charge in [0.2, 0.25) is 0 Å². The molecular weight excluding hydrogens is 463 g/mol. The highest BCUT2D eigenvalue weighted by Gasteiger charge is 2.53. The third-order valence-electron chi connectivity index (χ3n) is 7.60. The van der Waals surface area contributed by atoms with E-state index in [0.29, 0.717) is 24.8 Å². The van der Waals surface area contributed by atoms with Gasteiger partial charge in [0.1, 0.15) is 0 Å². The van der Waals surface area contributed by atoms with Crippen LogP contribution in [0.5, 0.6) is 0 Å². The summed E-state index contributed by atoms with van der Waals surface area (Å²) in [5, 5.41) is 1.70. The first-order valence-corrected chi connectivity index (χ1v) is 13.2. The summed E-state index contributed by atoms with van der Waals surface area (Å²) in [6.45, 7) is 5.42. The molecule has 2 unspecified atom stereocenters. The van der Waals surface area contributed by atoms with E-state index in [2.05, 4.69) is 6.92 Å². The third-order valence-corrected chi connectivity index (χ3v) is 7.60. The smallest absolute Gasteiger partial charge is 0.349 e. The van der Waals surface area contributed by atoms with Crippen LogP contribution in [-0.4, -0.2) is 25.4 Å². The first-order chi connectivity index (χ1) is 17.2. The highest BCUT2D eigenvalue weighted by molar-refractivity contribution is 5.95. The Hall–Kier alpha value is -2.18. The molecule has 3 rings (SSSR count). The van der Waals surface area contributed by atoms with Crippen LogP contribution in [0.25, 0.3) is 21.8 Å². The maximum atomic E-state index is 14.3. The molecule has 36 heavy (non-hydrogen) atoms. The van der Waals surface area contributed by atoms with E-state index in [0.717, 1.165) is 59.5 Å². The predicted molar refractivity (Wildman–Crippen MR) is 141 cm³/mol. The van der Waals surface area contributed by atoms with Crippen molar-refractivity contribution in [2.45, 2.75) is 84.1 Å². The van der Waals surface area contributed by atoms with Crippen molar-refractivity contribution >= 4 is 21.8 Å². The largest absolute Gasteiger partial charge is 0.392 e. The zero-order valence-electron chi connectivity index (χ0n) is 22.3. The van der Waals surface area contributed by atoms with Gasteiger partial charge < -0.3 is 9.47 Å². The molecule has 0 aliphatic rings. The van der Waals surface area contributed by atoms with Crippen molar-refractivity contribution in [3.63, 3.8) is 0 Å². The molecule has 2 aromatic carbocycles. The summed E-state index contributed by atoms with van der Waals surface area (Å²) < 4.78 is 54.9. The van der Waals surface area contributed by atoms with Gasteiger partial charge in [0.15, 0.2) is 5.79 Å². The fourth-order valence-electron chi connectivity index (χ4n) is 5.52. The van der Waals surface area contributed by atoms with Gasteiger partial charge in [-0.25, -0.2) is 4.98 Å². The summed E-state index contributed by atoms with van der Waals surface area (Å²) in [7, 11) is 2.93. The molecule has 3 nitrogen and oxygen atoms in total. The molecule has 0 bridgehead atoms. The number of hydrogen-bond donors (Lipinski definition) is 0. The van der Waals surface area contributed by atoms with Crippen molar-refractivity contribution in [2.75, 3.05) is 14.2 Å². The van der Waals surface area contributed by atoms with E-state index in [4.69, 9.17) is 14.5 Å². The van der Waals surface area contributed by atoms with Gasteiger partial charge in [0.05, 0.1) is 17.0 Å². The zero-order valence-corrected chi connectivity index (χ0v) is 22.3. The summed E-state index contributed by atoms with van der Waals surface area (Å²) in [4.78, 5) is 4.82. The number of alkyl halides is 3. The van der Waals surface area contributed by atoms with Gasteiger partial charge in [0, 0.05) is 36.5 Å². The number of halogens is 3. The van der Waals surface area contributed by atoms with Crippen molar-refractivity contribution in [3.8, 4) is 0 Å². The Bertz CT molecular complexity index is 1120. The molecule has 0 saturated heterocycles. The fraction of sp³-hybridized carbons (Fsp3) is 0.567. The Morgan fingerprint density at radius 1 is 0.861 bits per heavy atom. The molecule has 1 heterocycles. The van der Waals surface area contributed by atoms with Crippen LogP contribution in [0.2, 0.25) is 0 Å². The fourth-order valence-corrected chi connectivity index (χ4v) is 5.52. The number of methoxy groups -OCH3 is 2. The van der Waals surface area contributed by atoms with Crippen molar-refractivity contribution < 1.29 is 22.6 Å². The summed E-state index contributed by atoms with van der Waals surface area (Å²) in [5.41, 5.74) is 3.13. The molecule has 0 amide bonds. The predicted octanol–water partition coefficient (Wildman–Crippen LogP) is 8.96. The molecule has 0 radical (unpaired) electrons. The van der Waals surface area contributed by atoms with Gasteiger partial charge in [-0.15, -0.1) is 0 Å². The number of ether oxygens (including phenoxy) is 2. The number of benzene rings is 2. The van der Waals surface area contributed by atoms with E-state index in [1.807, 2.05) is 49.4 Å². The normalized spacial score (nSPS) is 14.4. The molecule has 3 aromatic rings. The lowest BCUT2D eigenvalue weighted by Gasteiger charge is -2.43. The number of rotatable bonds is 13. The van der Waals surface area contributed by atoms with Crippen LogP contribution in [0, 0.1) is 11.8 Å². The molecule has 0 N–H and O–H groups in total. The summed E-state index contributed by atoms with van der Waals surface area (Å²) in [5.74, 6) is -4.09. The highest BCUT2D eigenvalue weighted by atomic mass is 19.4. The van der Waals surface area contributed by atoms with Gasteiger partial charge in [-0.2, -0.15) is 13.2 Å². The average Bonchev–Trinajstić information content (AvgIpc) is 2.88. The maximum absolute atomic E-state index is 14.3.